The summed E-state index contributed by atoms with van der Waals surface area (Å²) < 4.78 is 29.5. The molecule has 0 amide bonds. The number of hydrogen-bond acceptors (Lipinski definition) is 5. The second kappa shape index (κ2) is 9.72. The van der Waals surface area contributed by atoms with Crippen molar-refractivity contribution in [1.82, 2.24) is 0 Å². The van der Waals surface area contributed by atoms with Crippen LogP contribution < -0.4 is 23.4 Å². The molecule has 5 nitrogen and oxygen atoms in total. The first kappa shape index (κ1) is 25.0. The lowest BCUT2D eigenvalue weighted by atomic mass is 9.92. The third-order valence-corrected chi connectivity index (χ3v) is 11.2. The first-order valence-electron chi connectivity index (χ1n) is 11.5. The van der Waals surface area contributed by atoms with Gasteiger partial charge in [-0.15, -0.1) is 0 Å². The van der Waals surface area contributed by atoms with Gasteiger partial charge < -0.3 is 23.4 Å². The summed E-state index contributed by atoms with van der Waals surface area (Å²) in [6, 6.07) is 8.27. The van der Waals surface area contributed by atoms with E-state index in [2.05, 4.69) is 58.1 Å². The number of ether oxygens (including phenoxy) is 4. The maximum atomic E-state index is 6.69. The van der Waals surface area contributed by atoms with E-state index in [-0.39, 0.29) is 5.04 Å². The van der Waals surface area contributed by atoms with Crippen LogP contribution in [-0.2, 0) is 6.42 Å². The van der Waals surface area contributed by atoms with Gasteiger partial charge in [-0.05, 0) is 72.3 Å². The number of rotatable bonds is 7. The first-order valence-corrected chi connectivity index (χ1v) is 14.4. The van der Waals surface area contributed by atoms with Crippen LogP contribution in [-0.4, -0.2) is 36.8 Å². The Bertz CT molecular complexity index is 1030. The Balaban J connectivity index is 2.20. The molecule has 0 aliphatic heterocycles. The van der Waals surface area contributed by atoms with Gasteiger partial charge in [-0.25, -0.2) is 0 Å². The summed E-state index contributed by atoms with van der Waals surface area (Å²) in [5.41, 5.74) is 4.42. The summed E-state index contributed by atoms with van der Waals surface area (Å²) in [6.45, 7) is 11.2. The Hall–Kier alpha value is -2.60. The van der Waals surface area contributed by atoms with Crippen molar-refractivity contribution >= 4 is 13.9 Å². The molecule has 6 heteroatoms. The van der Waals surface area contributed by atoms with E-state index in [0.29, 0.717) is 17.2 Å². The predicted molar refractivity (Wildman–Crippen MR) is 137 cm³/mol. The van der Waals surface area contributed by atoms with Crippen LogP contribution in [0.25, 0.3) is 5.57 Å². The average Bonchev–Trinajstić information content (AvgIpc) is 2.98. The molecule has 0 fully saturated rings. The van der Waals surface area contributed by atoms with Crippen LogP contribution in [0.3, 0.4) is 0 Å². The number of allylic oxidation sites excluding steroid dienone is 1. The average molecular weight is 471 g/mol. The highest BCUT2D eigenvalue weighted by molar-refractivity contribution is 6.74. The lowest BCUT2D eigenvalue weighted by molar-refractivity contribution is 0.323. The zero-order valence-corrected chi connectivity index (χ0v) is 22.5. The van der Waals surface area contributed by atoms with Crippen molar-refractivity contribution in [3.05, 3.63) is 47.0 Å². The molecule has 0 saturated carbocycles. The van der Waals surface area contributed by atoms with Crippen LogP contribution in [0.4, 0.5) is 0 Å². The summed E-state index contributed by atoms with van der Waals surface area (Å²) in [5, 5.41) is 0.0787. The minimum atomic E-state index is -2.05. The normalized spacial score (nSPS) is 14.0. The molecule has 0 aromatic heterocycles. The second-order valence-electron chi connectivity index (χ2n) is 9.92. The highest BCUT2D eigenvalue weighted by atomic mass is 28.4. The standard InChI is InChI=1S/C27H38O5Si/c1-27(2,3)33(8,9)32-22-16-18(14-15-21(22)28-4)20-13-11-10-12-19-17-23(29-5)25(30-6)26(31-7)24(19)20/h13-17H,10-12H2,1-9H3. The van der Waals surface area contributed by atoms with Crippen LogP contribution in [0.15, 0.2) is 30.3 Å². The molecule has 0 N–H and O–H groups in total. The van der Waals surface area contributed by atoms with Crippen molar-refractivity contribution in [2.45, 2.75) is 58.2 Å². The van der Waals surface area contributed by atoms with Gasteiger partial charge in [0.05, 0.1) is 28.4 Å². The molecular weight excluding hydrogens is 432 g/mol. The molecule has 2 aromatic rings. The molecule has 180 valence electrons. The molecule has 1 aliphatic carbocycles. The molecule has 2 aromatic carbocycles. The second-order valence-corrected chi connectivity index (χ2v) is 14.6. The number of aryl methyl sites for hydroxylation is 1. The van der Waals surface area contributed by atoms with Crippen molar-refractivity contribution in [3.63, 3.8) is 0 Å². The third kappa shape index (κ3) is 4.86. The Morgan fingerprint density at radius 1 is 0.788 bits per heavy atom. The van der Waals surface area contributed by atoms with E-state index >= 15 is 0 Å². The van der Waals surface area contributed by atoms with Crippen molar-refractivity contribution in [1.29, 1.82) is 0 Å². The minimum Gasteiger partial charge on any atom is -0.541 e. The molecule has 0 heterocycles. The third-order valence-electron chi connectivity index (χ3n) is 6.83. The van der Waals surface area contributed by atoms with E-state index in [1.165, 1.54) is 5.56 Å². The Morgan fingerprint density at radius 3 is 2.03 bits per heavy atom. The number of fused-ring (bicyclic) bond motifs is 1. The van der Waals surface area contributed by atoms with E-state index < -0.39 is 8.32 Å². The van der Waals surface area contributed by atoms with E-state index in [4.69, 9.17) is 23.4 Å². The van der Waals surface area contributed by atoms with Crippen molar-refractivity contribution in [3.8, 4) is 28.7 Å². The maximum absolute atomic E-state index is 6.69. The smallest absolute Gasteiger partial charge is 0.250 e. The van der Waals surface area contributed by atoms with Crippen molar-refractivity contribution in [2.24, 2.45) is 0 Å². The molecule has 3 rings (SSSR count). The summed E-state index contributed by atoms with van der Waals surface area (Å²) in [7, 11) is 4.62. The van der Waals surface area contributed by atoms with Gasteiger partial charge in [-0.3, -0.25) is 0 Å². The van der Waals surface area contributed by atoms with Gasteiger partial charge >= 0.3 is 0 Å². The van der Waals surface area contributed by atoms with Gasteiger partial charge in [0.1, 0.15) is 5.75 Å². The van der Waals surface area contributed by atoms with Crippen molar-refractivity contribution < 1.29 is 23.4 Å². The summed E-state index contributed by atoms with van der Waals surface area (Å²) in [4.78, 5) is 0. The molecule has 33 heavy (non-hydrogen) atoms. The monoisotopic (exact) mass is 470 g/mol. The maximum Gasteiger partial charge on any atom is 0.250 e. The molecule has 0 saturated heterocycles. The van der Waals surface area contributed by atoms with Gasteiger partial charge in [0.25, 0.3) is 8.32 Å². The fourth-order valence-corrected chi connectivity index (χ4v) is 4.97. The van der Waals surface area contributed by atoms with Crippen LogP contribution in [0.2, 0.25) is 18.1 Å². The Morgan fingerprint density at radius 2 is 1.45 bits per heavy atom. The first-order chi connectivity index (χ1) is 15.6. The van der Waals surface area contributed by atoms with E-state index in [0.717, 1.165) is 47.5 Å². The fourth-order valence-electron chi connectivity index (χ4n) is 3.95. The molecule has 1 aliphatic rings. The van der Waals surface area contributed by atoms with E-state index in [1.807, 2.05) is 6.07 Å². The molecular formula is C27H38O5Si. The zero-order valence-electron chi connectivity index (χ0n) is 21.5. The highest BCUT2D eigenvalue weighted by Gasteiger charge is 2.39. The Kier molecular flexibility index (Phi) is 7.37. The van der Waals surface area contributed by atoms with Crippen LogP contribution in [0, 0.1) is 0 Å². The topological polar surface area (TPSA) is 46.2 Å². The van der Waals surface area contributed by atoms with Crippen LogP contribution >= 0.6 is 0 Å². The Labute approximate surface area is 199 Å². The van der Waals surface area contributed by atoms with Gasteiger partial charge in [-0.2, -0.15) is 0 Å². The number of hydrogen-bond donors (Lipinski definition) is 0. The molecule has 0 radical (unpaired) electrons. The van der Waals surface area contributed by atoms with Gasteiger partial charge in [0, 0.05) is 5.56 Å². The quantitative estimate of drug-likeness (QED) is 0.413. The summed E-state index contributed by atoms with van der Waals surface area (Å²) in [6.07, 6.45) is 5.26. The van der Waals surface area contributed by atoms with Gasteiger partial charge in [0.15, 0.2) is 17.2 Å². The highest BCUT2D eigenvalue weighted by Crippen LogP contribution is 2.49. The SMILES string of the molecule is COc1ccc(C2=CCCCc3cc(OC)c(OC)c(OC)c32)cc1O[Si](C)(C)C(C)(C)C. The largest absolute Gasteiger partial charge is 0.541 e. The molecule has 0 bridgehead atoms. The van der Waals surface area contributed by atoms with Crippen LogP contribution in [0.1, 0.15) is 50.3 Å². The van der Waals surface area contributed by atoms with E-state index in [9.17, 15) is 0 Å². The summed E-state index contributed by atoms with van der Waals surface area (Å²) in [5.74, 6) is 3.52. The number of methoxy groups -OCH3 is 4. The molecule has 0 atom stereocenters. The van der Waals surface area contributed by atoms with Crippen molar-refractivity contribution in [2.75, 3.05) is 28.4 Å². The zero-order chi connectivity index (χ0) is 24.4. The number of benzene rings is 2. The van der Waals surface area contributed by atoms with Gasteiger partial charge in [0.2, 0.25) is 5.75 Å². The van der Waals surface area contributed by atoms with Gasteiger partial charge in [-0.1, -0.05) is 32.9 Å². The van der Waals surface area contributed by atoms with E-state index in [1.54, 1.807) is 28.4 Å². The predicted octanol–water partition coefficient (Wildman–Crippen LogP) is 6.87. The lowest BCUT2D eigenvalue weighted by Crippen LogP contribution is -2.43. The minimum absolute atomic E-state index is 0.0787. The fraction of sp³-hybridized carbons (Fsp3) is 0.481. The summed E-state index contributed by atoms with van der Waals surface area (Å²) >= 11 is 0. The lowest BCUT2D eigenvalue weighted by Gasteiger charge is -2.37. The molecule has 0 spiro atoms. The molecule has 0 unspecified atom stereocenters. The van der Waals surface area contributed by atoms with Crippen LogP contribution in [0.5, 0.6) is 28.7 Å².